The lowest BCUT2D eigenvalue weighted by atomic mass is 10.0. The van der Waals surface area contributed by atoms with E-state index in [1.165, 1.54) is 6.92 Å². The monoisotopic (exact) mass is 355 g/mol. The van der Waals surface area contributed by atoms with Gasteiger partial charge in [-0.15, -0.1) is 0 Å². The van der Waals surface area contributed by atoms with Crippen LogP contribution in [0.2, 0.25) is 0 Å². The van der Waals surface area contributed by atoms with Crippen LogP contribution in [0.3, 0.4) is 0 Å². The van der Waals surface area contributed by atoms with Gasteiger partial charge in [0.15, 0.2) is 0 Å². The zero-order valence-corrected chi connectivity index (χ0v) is 15.2. The third kappa shape index (κ3) is 6.19. The normalized spacial score (nSPS) is 11.2. The number of benzene rings is 2. The van der Waals surface area contributed by atoms with Crippen LogP contribution in [0.1, 0.15) is 43.5 Å². The fourth-order valence-corrected chi connectivity index (χ4v) is 2.97. The summed E-state index contributed by atoms with van der Waals surface area (Å²) in [6.07, 6.45) is 2.23. The Morgan fingerprint density at radius 1 is 1.00 bits per heavy atom. The average molecular weight is 355 g/mol. The first-order chi connectivity index (χ1) is 12.1. The van der Waals surface area contributed by atoms with Gasteiger partial charge in [0, 0.05) is 22.3 Å². The van der Waals surface area contributed by atoms with Gasteiger partial charge in [0.25, 0.3) is 0 Å². The minimum atomic E-state index is -0.531. The number of unbranched alkanes of at least 4 members (excludes halogenated alkanes) is 1. The smallest absolute Gasteiger partial charge is 0.318 e. The lowest BCUT2D eigenvalue weighted by Gasteiger charge is -2.06. The van der Waals surface area contributed by atoms with Crippen LogP contribution in [-0.4, -0.2) is 17.5 Å². The Morgan fingerprint density at radius 3 is 2.24 bits per heavy atom. The standard InChI is InChI=1S/C20H21NO3S/c1-3-4-10-19(21-24-15(2)22)20(23)16-11-13-18(14-12-16)25-17-8-6-5-7-9-17/h5-9,11-14H,3-4,10H2,1-2H3/b21-19+. The lowest BCUT2D eigenvalue weighted by Crippen LogP contribution is -2.15. The maximum absolute atomic E-state index is 12.6. The maximum atomic E-state index is 12.6. The number of ketones is 1. The second-order valence-electron chi connectivity index (χ2n) is 5.49. The van der Waals surface area contributed by atoms with E-state index in [9.17, 15) is 9.59 Å². The molecule has 0 N–H and O–H groups in total. The van der Waals surface area contributed by atoms with Crippen LogP contribution >= 0.6 is 11.8 Å². The van der Waals surface area contributed by atoms with Gasteiger partial charge in [-0.3, -0.25) is 4.79 Å². The SMILES string of the molecule is CCCC/C(=N\OC(C)=O)C(=O)c1ccc(Sc2ccccc2)cc1. The quantitative estimate of drug-likeness (QED) is 0.285. The number of hydrogen-bond acceptors (Lipinski definition) is 5. The van der Waals surface area contributed by atoms with E-state index in [0.29, 0.717) is 12.0 Å². The molecule has 130 valence electrons. The molecule has 2 aromatic rings. The van der Waals surface area contributed by atoms with E-state index in [1.54, 1.807) is 23.9 Å². The summed E-state index contributed by atoms with van der Waals surface area (Å²) in [4.78, 5) is 30.4. The number of rotatable bonds is 8. The van der Waals surface area contributed by atoms with E-state index >= 15 is 0 Å². The van der Waals surface area contributed by atoms with Crippen molar-refractivity contribution in [3.63, 3.8) is 0 Å². The van der Waals surface area contributed by atoms with Crippen LogP contribution in [0.25, 0.3) is 0 Å². The van der Waals surface area contributed by atoms with Gasteiger partial charge in [-0.2, -0.15) is 0 Å². The highest BCUT2D eigenvalue weighted by molar-refractivity contribution is 7.99. The first kappa shape index (κ1) is 18.9. The highest BCUT2D eigenvalue weighted by atomic mass is 32.2. The van der Waals surface area contributed by atoms with Crippen LogP contribution in [0.15, 0.2) is 69.5 Å². The van der Waals surface area contributed by atoms with Gasteiger partial charge < -0.3 is 4.84 Å². The average Bonchev–Trinajstić information content (AvgIpc) is 2.62. The molecule has 0 aliphatic heterocycles. The van der Waals surface area contributed by atoms with Crippen molar-refractivity contribution in [3.05, 3.63) is 60.2 Å². The molecule has 2 rings (SSSR count). The molecule has 25 heavy (non-hydrogen) atoms. The second kappa shape index (κ2) is 9.79. The fourth-order valence-electron chi connectivity index (χ4n) is 2.13. The summed E-state index contributed by atoms with van der Waals surface area (Å²) in [6, 6.07) is 17.4. The third-order valence-corrected chi connectivity index (χ3v) is 4.42. The number of carbonyl (C=O) groups is 2. The highest BCUT2D eigenvalue weighted by Crippen LogP contribution is 2.27. The molecule has 4 nitrogen and oxygen atoms in total. The van der Waals surface area contributed by atoms with Crippen LogP contribution in [0, 0.1) is 0 Å². The molecule has 0 aromatic heterocycles. The molecule has 0 spiro atoms. The number of Topliss-reactive ketones (excluding diaryl/α,β-unsaturated/α-hetero) is 1. The van der Waals surface area contributed by atoms with Gasteiger partial charge in [0.2, 0.25) is 5.78 Å². The molecule has 0 amide bonds. The van der Waals surface area contributed by atoms with Crippen molar-refractivity contribution in [3.8, 4) is 0 Å². The Kier molecular flexibility index (Phi) is 7.41. The molecule has 0 atom stereocenters. The van der Waals surface area contributed by atoms with Gasteiger partial charge in [0.05, 0.1) is 0 Å². The molecule has 0 heterocycles. The van der Waals surface area contributed by atoms with E-state index in [1.807, 2.05) is 49.4 Å². The topological polar surface area (TPSA) is 55.7 Å². The van der Waals surface area contributed by atoms with Gasteiger partial charge in [-0.1, -0.05) is 48.5 Å². The van der Waals surface area contributed by atoms with Crippen LogP contribution < -0.4 is 0 Å². The molecule has 5 heteroatoms. The number of nitrogens with zero attached hydrogens (tertiary/aromatic N) is 1. The number of hydrogen-bond donors (Lipinski definition) is 0. The predicted molar refractivity (Wildman–Crippen MR) is 100 cm³/mol. The van der Waals surface area contributed by atoms with Crippen LogP contribution in [-0.2, 0) is 9.63 Å². The summed E-state index contributed by atoms with van der Waals surface area (Å²) in [5.41, 5.74) is 0.819. The summed E-state index contributed by atoms with van der Waals surface area (Å²) in [6.45, 7) is 3.30. The molecular weight excluding hydrogens is 334 g/mol. The largest absolute Gasteiger partial charge is 0.331 e. The van der Waals surface area contributed by atoms with Crippen molar-refractivity contribution >= 4 is 29.2 Å². The van der Waals surface area contributed by atoms with Crippen molar-refractivity contribution in [2.24, 2.45) is 5.16 Å². The van der Waals surface area contributed by atoms with Gasteiger partial charge >= 0.3 is 5.97 Å². The molecule has 0 saturated heterocycles. The number of oxime groups is 1. The fraction of sp³-hybridized carbons (Fsp3) is 0.250. The number of carbonyl (C=O) groups excluding carboxylic acids is 2. The minimum absolute atomic E-state index is 0.203. The zero-order chi connectivity index (χ0) is 18.1. The zero-order valence-electron chi connectivity index (χ0n) is 14.4. The Balaban J connectivity index is 2.11. The minimum Gasteiger partial charge on any atom is -0.318 e. The molecule has 0 saturated carbocycles. The molecule has 0 aliphatic carbocycles. The predicted octanol–water partition coefficient (Wildman–Crippen LogP) is 5.13. The summed E-state index contributed by atoms with van der Waals surface area (Å²) >= 11 is 1.63. The Bertz CT molecular complexity index is 739. The summed E-state index contributed by atoms with van der Waals surface area (Å²) in [5.74, 6) is -0.734. The molecular formula is C20H21NO3S. The van der Waals surface area contributed by atoms with E-state index in [2.05, 4.69) is 9.99 Å². The molecule has 0 aliphatic rings. The van der Waals surface area contributed by atoms with E-state index in [4.69, 9.17) is 0 Å². The van der Waals surface area contributed by atoms with Crippen molar-refractivity contribution in [1.82, 2.24) is 0 Å². The van der Waals surface area contributed by atoms with E-state index in [-0.39, 0.29) is 11.5 Å². The molecule has 0 fully saturated rings. The van der Waals surface area contributed by atoms with Crippen molar-refractivity contribution in [2.75, 3.05) is 0 Å². The second-order valence-corrected chi connectivity index (χ2v) is 6.64. The highest BCUT2D eigenvalue weighted by Gasteiger charge is 2.15. The van der Waals surface area contributed by atoms with Crippen LogP contribution in [0.5, 0.6) is 0 Å². The molecule has 2 aromatic carbocycles. The van der Waals surface area contributed by atoms with Gasteiger partial charge in [-0.05, 0) is 49.2 Å². The third-order valence-electron chi connectivity index (χ3n) is 3.41. The van der Waals surface area contributed by atoms with E-state index in [0.717, 1.165) is 22.6 Å². The summed E-state index contributed by atoms with van der Waals surface area (Å²) < 4.78 is 0. The van der Waals surface area contributed by atoms with Crippen molar-refractivity contribution in [2.45, 2.75) is 42.9 Å². The maximum Gasteiger partial charge on any atom is 0.331 e. The van der Waals surface area contributed by atoms with E-state index < -0.39 is 5.97 Å². The van der Waals surface area contributed by atoms with Crippen molar-refractivity contribution in [1.29, 1.82) is 0 Å². The molecule has 0 radical (unpaired) electrons. The van der Waals surface area contributed by atoms with Gasteiger partial charge in [0.1, 0.15) is 5.71 Å². The first-order valence-electron chi connectivity index (χ1n) is 8.22. The lowest BCUT2D eigenvalue weighted by molar-refractivity contribution is -0.140. The Hall–Kier alpha value is -2.40. The van der Waals surface area contributed by atoms with Crippen LogP contribution in [0.4, 0.5) is 0 Å². The Labute approximate surface area is 152 Å². The summed E-state index contributed by atoms with van der Waals surface area (Å²) in [7, 11) is 0. The first-order valence-corrected chi connectivity index (χ1v) is 9.04. The van der Waals surface area contributed by atoms with Gasteiger partial charge in [-0.25, -0.2) is 4.79 Å². The summed E-state index contributed by atoms with van der Waals surface area (Å²) in [5, 5.41) is 3.74. The Morgan fingerprint density at radius 2 is 1.64 bits per heavy atom. The molecule has 0 bridgehead atoms. The molecule has 0 unspecified atom stereocenters. The van der Waals surface area contributed by atoms with Crippen molar-refractivity contribution < 1.29 is 14.4 Å².